The molecule has 18 heavy (non-hydrogen) atoms. The van der Waals surface area contributed by atoms with Crippen LogP contribution in [0.5, 0.6) is 0 Å². The van der Waals surface area contributed by atoms with E-state index in [1.54, 1.807) is 6.07 Å². The Hall–Kier alpha value is -0.683. The van der Waals surface area contributed by atoms with E-state index in [2.05, 4.69) is 20.8 Å². The van der Waals surface area contributed by atoms with E-state index in [9.17, 15) is 14.4 Å². The van der Waals surface area contributed by atoms with Crippen molar-refractivity contribution in [1.82, 2.24) is 0 Å². The van der Waals surface area contributed by atoms with Gasteiger partial charge in [-0.1, -0.05) is 59.7 Å². The Morgan fingerprint density at radius 2 is 1.33 bits per heavy atom. The van der Waals surface area contributed by atoms with Crippen molar-refractivity contribution in [1.29, 1.82) is 0 Å². The van der Waals surface area contributed by atoms with Crippen LogP contribution in [0.1, 0.15) is 52.7 Å². The molecule has 0 spiro atoms. The minimum absolute atomic E-state index is 0.0924. The minimum Gasteiger partial charge on any atom is -0.386 e. The second kappa shape index (κ2) is 4.45. The van der Waals surface area contributed by atoms with Gasteiger partial charge >= 0.3 is 8.80 Å². The van der Waals surface area contributed by atoms with Gasteiger partial charge in [-0.25, -0.2) is 0 Å². The number of hydrogen-bond acceptors (Lipinski definition) is 3. The van der Waals surface area contributed by atoms with Crippen LogP contribution in [0.3, 0.4) is 0 Å². The second-order valence-corrected chi connectivity index (χ2v) is 8.71. The van der Waals surface area contributed by atoms with Gasteiger partial charge in [-0.2, -0.15) is 0 Å². The van der Waals surface area contributed by atoms with Crippen molar-refractivity contribution in [2.45, 2.75) is 52.4 Å². The summed E-state index contributed by atoms with van der Waals surface area (Å²) in [5.41, 5.74) is 1.44. The van der Waals surface area contributed by atoms with Gasteiger partial charge in [0.2, 0.25) is 0 Å². The summed E-state index contributed by atoms with van der Waals surface area (Å²) < 4.78 is 0. The zero-order valence-electron chi connectivity index (χ0n) is 12.1. The van der Waals surface area contributed by atoms with Gasteiger partial charge in [0.25, 0.3) is 0 Å². The highest BCUT2D eigenvalue weighted by Crippen LogP contribution is 2.26. The monoisotopic (exact) mass is 268 g/mol. The molecule has 0 aliphatic carbocycles. The molecule has 1 aromatic rings. The maximum Gasteiger partial charge on any atom is 0.529 e. The summed E-state index contributed by atoms with van der Waals surface area (Å²) in [5, 5.41) is 0.294. The van der Waals surface area contributed by atoms with Gasteiger partial charge < -0.3 is 14.4 Å². The van der Waals surface area contributed by atoms with Crippen LogP contribution < -0.4 is 5.19 Å². The molecule has 0 heterocycles. The third-order valence-electron chi connectivity index (χ3n) is 3.05. The van der Waals surface area contributed by atoms with Gasteiger partial charge in [-0.15, -0.1) is 0 Å². The lowest BCUT2D eigenvalue weighted by molar-refractivity contribution is 0.248. The molecule has 0 unspecified atom stereocenters. The fourth-order valence-electron chi connectivity index (χ4n) is 1.94. The number of benzene rings is 1. The summed E-state index contributed by atoms with van der Waals surface area (Å²) >= 11 is 0. The van der Waals surface area contributed by atoms with Crippen LogP contribution in [0.2, 0.25) is 0 Å². The SMILES string of the molecule is CC(C)(C)c1ccc(C(C)(C)C)c([Si](O)(O)O)c1. The molecule has 3 nitrogen and oxygen atoms in total. The van der Waals surface area contributed by atoms with Gasteiger partial charge in [0, 0.05) is 5.19 Å². The molecule has 0 bridgehead atoms. The normalized spacial score (nSPS) is 13.8. The second-order valence-electron chi connectivity index (χ2n) is 6.90. The Morgan fingerprint density at radius 1 is 0.833 bits per heavy atom. The molecule has 1 rings (SSSR count). The molecule has 0 saturated heterocycles. The average molecular weight is 268 g/mol. The van der Waals surface area contributed by atoms with Crippen molar-refractivity contribution in [2.24, 2.45) is 0 Å². The van der Waals surface area contributed by atoms with E-state index in [4.69, 9.17) is 0 Å². The van der Waals surface area contributed by atoms with Gasteiger partial charge in [0.15, 0.2) is 0 Å². The molecule has 102 valence electrons. The van der Waals surface area contributed by atoms with Crippen molar-refractivity contribution in [2.75, 3.05) is 0 Å². The molecule has 4 heteroatoms. The number of hydrogen-bond donors (Lipinski definition) is 3. The molecule has 0 amide bonds. The molecule has 0 fully saturated rings. The Balaban J connectivity index is 3.50. The lowest BCUT2D eigenvalue weighted by Gasteiger charge is -2.28. The molecule has 0 aromatic heterocycles. The van der Waals surface area contributed by atoms with Crippen LogP contribution in [0, 0.1) is 0 Å². The molecule has 0 aliphatic heterocycles. The highest BCUT2D eigenvalue weighted by Gasteiger charge is 2.37. The van der Waals surface area contributed by atoms with Gasteiger partial charge in [-0.05, 0) is 22.0 Å². The Kier molecular flexibility index (Phi) is 3.80. The van der Waals surface area contributed by atoms with E-state index in [1.807, 2.05) is 32.9 Å². The first-order chi connectivity index (χ1) is 7.83. The first-order valence-corrected chi connectivity index (χ1v) is 8.00. The Morgan fingerprint density at radius 3 is 1.67 bits per heavy atom. The summed E-state index contributed by atoms with van der Waals surface area (Å²) in [5.74, 6) is 0. The predicted octanol–water partition coefficient (Wildman–Crippen LogP) is 1.40. The van der Waals surface area contributed by atoms with Crippen molar-refractivity contribution in [3.63, 3.8) is 0 Å². The van der Waals surface area contributed by atoms with Gasteiger partial charge in [0.05, 0.1) is 0 Å². The summed E-state index contributed by atoms with van der Waals surface area (Å²) in [4.78, 5) is 29.0. The van der Waals surface area contributed by atoms with Gasteiger partial charge in [-0.3, -0.25) is 0 Å². The largest absolute Gasteiger partial charge is 0.529 e. The Labute approximate surface area is 110 Å². The lowest BCUT2D eigenvalue weighted by atomic mass is 9.82. The van der Waals surface area contributed by atoms with Crippen molar-refractivity contribution in [3.05, 3.63) is 29.3 Å². The molecule has 0 aliphatic rings. The predicted molar refractivity (Wildman–Crippen MR) is 75.9 cm³/mol. The zero-order chi connectivity index (χ0) is 14.4. The van der Waals surface area contributed by atoms with E-state index in [1.165, 1.54) is 0 Å². The molecular formula is C14H24O3Si. The third-order valence-corrected chi connectivity index (χ3v) is 4.19. The fourth-order valence-corrected chi connectivity index (χ4v) is 3.11. The van der Waals surface area contributed by atoms with Crippen molar-refractivity contribution >= 4 is 14.0 Å². The summed E-state index contributed by atoms with van der Waals surface area (Å²) in [6, 6.07) is 5.61. The summed E-state index contributed by atoms with van der Waals surface area (Å²) in [7, 11) is -4.30. The van der Waals surface area contributed by atoms with Crippen LogP contribution in [-0.2, 0) is 10.8 Å². The number of rotatable bonds is 1. The fraction of sp³-hybridized carbons (Fsp3) is 0.571. The molecule has 0 radical (unpaired) electrons. The molecule has 0 atom stereocenters. The van der Waals surface area contributed by atoms with E-state index >= 15 is 0 Å². The topological polar surface area (TPSA) is 60.7 Å². The van der Waals surface area contributed by atoms with Crippen LogP contribution in [-0.4, -0.2) is 23.2 Å². The molecular weight excluding hydrogens is 244 g/mol. The quantitative estimate of drug-likeness (QED) is 0.675. The molecule has 1 aromatic carbocycles. The highest BCUT2D eigenvalue weighted by molar-refractivity contribution is 6.72. The first-order valence-electron chi connectivity index (χ1n) is 6.16. The first kappa shape index (κ1) is 15.4. The van der Waals surface area contributed by atoms with Crippen LogP contribution in [0.25, 0.3) is 0 Å². The van der Waals surface area contributed by atoms with Crippen LogP contribution >= 0.6 is 0 Å². The zero-order valence-corrected chi connectivity index (χ0v) is 13.1. The van der Waals surface area contributed by atoms with E-state index in [0.29, 0.717) is 5.19 Å². The van der Waals surface area contributed by atoms with Crippen molar-refractivity contribution in [3.8, 4) is 0 Å². The van der Waals surface area contributed by atoms with Crippen LogP contribution in [0.15, 0.2) is 18.2 Å². The summed E-state index contributed by atoms with van der Waals surface area (Å²) in [6.07, 6.45) is 0. The average Bonchev–Trinajstić information content (AvgIpc) is 2.12. The van der Waals surface area contributed by atoms with E-state index < -0.39 is 8.80 Å². The molecule has 0 saturated carbocycles. The smallest absolute Gasteiger partial charge is 0.386 e. The minimum atomic E-state index is -4.30. The van der Waals surface area contributed by atoms with Crippen LogP contribution in [0.4, 0.5) is 0 Å². The van der Waals surface area contributed by atoms with Crippen molar-refractivity contribution < 1.29 is 14.4 Å². The summed E-state index contributed by atoms with van der Waals surface area (Å²) in [6.45, 7) is 12.1. The standard InChI is InChI=1S/C14H24O3Si/c1-13(2,3)10-7-8-11(14(4,5)6)12(9-10)18(15,16)17/h7-9,15-17H,1-6H3. The highest BCUT2D eigenvalue weighted by atomic mass is 28.4. The maximum atomic E-state index is 9.67. The lowest BCUT2D eigenvalue weighted by Crippen LogP contribution is -2.52. The Bertz CT molecular complexity index is 434. The van der Waals surface area contributed by atoms with E-state index in [-0.39, 0.29) is 10.8 Å². The maximum absolute atomic E-state index is 9.67. The molecule has 3 N–H and O–H groups in total. The van der Waals surface area contributed by atoms with Gasteiger partial charge in [0.1, 0.15) is 0 Å². The van der Waals surface area contributed by atoms with E-state index in [0.717, 1.165) is 11.1 Å². The third kappa shape index (κ3) is 3.42.